The minimum Gasteiger partial charge on any atom is -0.324 e. The molecular weight excluding hydrogens is 222 g/mol. The molecule has 0 spiro atoms. The quantitative estimate of drug-likeness (QED) is 0.825. The lowest BCUT2D eigenvalue weighted by Crippen LogP contribution is -2.14. The average molecular weight is 238 g/mol. The molecule has 1 saturated heterocycles. The van der Waals surface area contributed by atoms with Crippen molar-refractivity contribution in [2.24, 2.45) is 0 Å². The van der Waals surface area contributed by atoms with Gasteiger partial charge in [-0.2, -0.15) is 0 Å². The SMILES string of the molecule is Cc1nc2ccccc2n1[C@@H]1CCNC1.Cl. The lowest BCUT2D eigenvalue weighted by atomic mass is 10.2. The second-order valence-corrected chi connectivity index (χ2v) is 4.16. The zero-order chi connectivity index (χ0) is 10.3. The Morgan fingerprint density at radius 1 is 1.38 bits per heavy atom. The number of benzene rings is 1. The molecule has 16 heavy (non-hydrogen) atoms. The van der Waals surface area contributed by atoms with Crippen LogP contribution in [0.15, 0.2) is 24.3 Å². The highest BCUT2D eigenvalue weighted by Gasteiger charge is 2.20. The number of para-hydroxylation sites is 2. The maximum atomic E-state index is 4.59. The number of aromatic nitrogens is 2. The first-order valence-electron chi connectivity index (χ1n) is 5.50. The van der Waals surface area contributed by atoms with Gasteiger partial charge in [0.25, 0.3) is 0 Å². The Balaban J connectivity index is 0.000000963. The van der Waals surface area contributed by atoms with Crippen molar-refractivity contribution in [1.29, 1.82) is 0 Å². The number of fused-ring (bicyclic) bond motifs is 1. The summed E-state index contributed by atoms with van der Waals surface area (Å²) in [5.41, 5.74) is 2.38. The van der Waals surface area contributed by atoms with E-state index < -0.39 is 0 Å². The van der Waals surface area contributed by atoms with Crippen molar-refractivity contribution in [3.8, 4) is 0 Å². The Kier molecular flexibility index (Phi) is 3.17. The first-order chi connectivity index (χ1) is 7.36. The molecule has 4 heteroatoms. The minimum atomic E-state index is 0. The molecule has 1 fully saturated rings. The van der Waals surface area contributed by atoms with Crippen LogP contribution in [0.1, 0.15) is 18.3 Å². The summed E-state index contributed by atoms with van der Waals surface area (Å²) in [4.78, 5) is 4.59. The maximum Gasteiger partial charge on any atom is 0.107 e. The van der Waals surface area contributed by atoms with Gasteiger partial charge in [-0.1, -0.05) is 12.1 Å². The highest BCUT2D eigenvalue weighted by atomic mass is 35.5. The standard InChI is InChI=1S/C12H15N3.ClH/c1-9-14-11-4-2-3-5-12(11)15(9)10-6-7-13-8-10;/h2-5,10,13H,6-8H2,1H3;1H/t10-;/m1./s1. The van der Waals surface area contributed by atoms with Gasteiger partial charge in [-0.3, -0.25) is 0 Å². The van der Waals surface area contributed by atoms with Crippen LogP contribution in [0.3, 0.4) is 0 Å². The fourth-order valence-electron chi connectivity index (χ4n) is 2.49. The van der Waals surface area contributed by atoms with Gasteiger partial charge in [0.2, 0.25) is 0 Å². The monoisotopic (exact) mass is 237 g/mol. The van der Waals surface area contributed by atoms with Crippen molar-refractivity contribution in [2.75, 3.05) is 13.1 Å². The topological polar surface area (TPSA) is 29.9 Å². The number of imidazole rings is 1. The molecule has 2 aromatic rings. The number of rotatable bonds is 1. The van der Waals surface area contributed by atoms with Gasteiger partial charge >= 0.3 is 0 Å². The number of hydrogen-bond donors (Lipinski definition) is 1. The highest BCUT2D eigenvalue weighted by molar-refractivity contribution is 5.85. The van der Waals surface area contributed by atoms with Crippen LogP contribution in [0.25, 0.3) is 11.0 Å². The van der Waals surface area contributed by atoms with E-state index in [2.05, 4.69) is 40.0 Å². The van der Waals surface area contributed by atoms with Gasteiger partial charge in [-0.25, -0.2) is 4.98 Å². The molecule has 1 aromatic carbocycles. The molecule has 1 atom stereocenters. The van der Waals surface area contributed by atoms with E-state index in [1.807, 2.05) is 6.07 Å². The highest BCUT2D eigenvalue weighted by Crippen LogP contribution is 2.24. The van der Waals surface area contributed by atoms with E-state index in [4.69, 9.17) is 0 Å². The van der Waals surface area contributed by atoms with Gasteiger partial charge < -0.3 is 9.88 Å². The van der Waals surface area contributed by atoms with Gasteiger partial charge in [0.1, 0.15) is 5.82 Å². The molecular formula is C12H16ClN3. The molecule has 0 radical (unpaired) electrons. The van der Waals surface area contributed by atoms with E-state index in [1.54, 1.807) is 0 Å². The van der Waals surface area contributed by atoms with Crippen LogP contribution in [-0.2, 0) is 0 Å². The third-order valence-corrected chi connectivity index (χ3v) is 3.17. The van der Waals surface area contributed by atoms with Gasteiger partial charge in [0.15, 0.2) is 0 Å². The molecule has 0 saturated carbocycles. The zero-order valence-electron chi connectivity index (χ0n) is 9.31. The summed E-state index contributed by atoms with van der Waals surface area (Å²) in [5, 5.41) is 3.40. The van der Waals surface area contributed by atoms with Gasteiger partial charge in [-0.15, -0.1) is 12.4 Å². The summed E-state index contributed by atoms with van der Waals surface area (Å²) < 4.78 is 2.37. The Morgan fingerprint density at radius 3 is 2.94 bits per heavy atom. The minimum absolute atomic E-state index is 0. The molecule has 0 unspecified atom stereocenters. The molecule has 1 aromatic heterocycles. The first-order valence-corrected chi connectivity index (χ1v) is 5.50. The number of nitrogens with zero attached hydrogens (tertiary/aromatic N) is 2. The molecule has 86 valence electrons. The van der Waals surface area contributed by atoms with E-state index in [1.165, 1.54) is 11.9 Å². The Hall–Kier alpha value is -1.06. The smallest absolute Gasteiger partial charge is 0.107 e. The summed E-state index contributed by atoms with van der Waals surface area (Å²) in [7, 11) is 0. The van der Waals surface area contributed by atoms with Crippen LogP contribution in [0.5, 0.6) is 0 Å². The largest absolute Gasteiger partial charge is 0.324 e. The van der Waals surface area contributed by atoms with Crippen molar-refractivity contribution in [3.05, 3.63) is 30.1 Å². The van der Waals surface area contributed by atoms with Crippen molar-refractivity contribution < 1.29 is 0 Å². The molecule has 3 rings (SSSR count). The Labute approximate surface area is 101 Å². The number of nitrogens with one attached hydrogen (secondary N) is 1. The molecule has 1 N–H and O–H groups in total. The van der Waals surface area contributed by atoms with E-state index in [9.17, 15) is 0 Å². The fraction of sp³-hybridized carbons (Fsp3) is 0.417. The molecule has 1 aliphatic rings. The van der Waals surface area contributed by atoms with Crippen LogP contribution in [0.4, 0.5) is 0 Å². The lowest BCUT2D eigenvalue weighted by Gasteiger charge is -2.13. The number of halogens is 1. The molecule has 0 aliphatic carbocycles. The third-order valence-electron chi connectivity index (χ3n) is 3.17. The van der Waals surface area contributed by atoms with Gasteiger partial charge in [0, 0.05) is 12.6 Å². The van der Waals surface area contributed by atoms with Crippen LogP contribution in [0, 0.1) is 6.92 Å². The normalized spacial score (nSPS) is 19.9. The van der Waals surface area contributed by atoms with Gasteiger partial charge in [0.05, 0.1) is 11.0 Å². The lowest BCUT2D eigenvalue weighted by molar-refractivity contribution is 0.548. The van der Waals surface area contributed by atoms with Crippen LogP contribution >= 0.6 is 12.4 Å². The fourth-order valence-corrected chi connectivity index (χ4v) is 2.49. The second kappa shape index (κ2) is 4.44. The Bertz CT molecular complexity index is 486. The summed E-state index contributed by atoms with van der Waals surface area (Å²) >= 11 is 0. The summed E-state index contributed by atoms with van der Waals surface area (Å²) in [6, 6.07) is 8.96. The van der Waals surface area contributed by atoms with Gasteiger partial charge in [-0.05, 0) is 32.0 Å². The molecule has 0 amide bonds. The number of hydrogen-bond acceptors (Lipinski definition) is 2. The van der Waals surface area contributed by atoms with E-state index in [-0.39, 0.29) is 12.4 Å². The summed E-state index contributed by atoms with van der Waals surface area (Å²) in [5.74, 6) is 1.13. The predicted molar refractivity (Wildman–Crippen MR) is 68.2 cm³/mol. The molecule has 0 bridgehead atoms. The third kappa shape index (κ3) is 1.70. The number of aryl methyl sites for hydroxylation is 1. The van der Waals surface area contributed by atoms with Crippen LogP contribution in [-0.4, -0.2) is 22.6 Å². The van der Waals surface area contributed by atoms with E-state index in [0.717, 1.165) is 24.4 Å². The van der Waals surface area contributed by atoms with Crippen molar-refractivity contribution in [2.45, 2.75) is 19.4 Å². The predicted octanol–water partition coefficient (Wildman–Crippen LogP) is 2.30. The van der Waals surface area contributed by atoms with E-state index in [0.29, 0.717) is 6.04 Å². The van der Waals surface area contributed by atoms with Crippen molar-refractivity contribution in [1.82, 2.24) is 14.9 Å². The summed E-state index contributed by atoms with van der Waals surface area (Å²) in [6.45, 7) is 4.29. The second-order valence-electron chi connectivity index (χ2n) is 4.16. The zero-order valence-corrected chi connectivity index (χ0v) is 10.1. The summed E-state index contributed by atoms with van der Waals surface area (Å²) in [6.07, 6.45) is 1.21. The molecule has 3 nitrogen and oxygen atoms in total. The molecule has 1 aliphatic heterocycles. The first kappa shape index (κ1) is 11.4. The van der Waals surface area contributed by atoms with Crippen LogP contribution in [0.2, 0.25) is 0 Å². The Morgan fingerprint density at radius 2 is 2.19 bits per heavy atom. The van der Waals surface area contributed by atoms with Crippen LogP contribution < -0.4 is 5.32 Å². The average Bonchev–Trinajstić information content (AvgIpc) is 2.82. The van der Waals surface area contributed by atoms with E-state index >= 15 is 0 Å². The van der Waals surface area contributed by atoms with Crippen molar-refractivity contribution in [3.63, 3.8) is 0 Å². The molecule has 2 heterocycles. The maximum absolute atomic E-state index is 4.59. The van der Waals surface area contributed by atoms with Crippen molar-refractivity contribution >= 4 is 23.4 Å².